The van der Waals surface area contributed by atoms with E-state index in [1.807, 2.05) is 6.07 Å². The van der Waals surface area contributed by atoms with Crippen molar-refractivity contribution < 1.29 is 4.74 Å². The zero-order valence-electron chi connectivity index (χ0n) is 14.2. The van der Waals surface area contributed by atoms with Gasteiger partial charge in [-0.1, -0.05) is 48.9 Å². The molecule has 0 amide bonds. The molecule has 2 unspecified atom stereocenters. The maximum absolute atomic E-state index is 5.34. The van der Waals surface area contributed by atoms with Crippen molar-refractivity contribution >= 4 is 0 Å². The van der Waals surface area contributed by atoms with Gasteiger partial charge in [-0.05, 0) is 55.4 Å². The summed E-state index contributed by atoms with van der Waals surface area (Å²) in [5, 5.41) is 3.83. The maximum Gasteiger partial charge on any atom is 0.119 e. The van der Waals surface area contributed by atoms with Crippen molar-refractivity contribution in [1.82, 2.24) is 5.32 Å². The molecule has 1 aliphatic carbocycles. The molecular formula is C21H27NO. The third-order valence-corrected chi connectivity index (χ3v) is 5.02. The zero-order chi connectivity index (χ0) is 16.1. The lowest BCUT2D eigenvalue weighted by Crippen LogP contribution is -2.35. The summed E-state index contributed by atoms with van der Waals surface area (Å²) in [5.74, 6) is 1.63. The zero-order valence-corrected chi connectivity index (χ0v) is 14.2. The highest BCUT2D eigenvalue weighted by atomic mass is 16.5. The monoisotopic (exact) mass is 309 g/mol. The van der Waals surface area contributed by atoms with E-state index in [9.17, 15) is 0 Å². The summed E-state index contributed by atoms with van der Waals surface area (Å²) >= 11 is 0. The molecule has 23 heavy (non-hydrogen) atoms. The van der Waals surface area contributed by atoms with Gasteiger partial charge in [0, 0.05) is 12.1 Å². The Balaban J connectivity index is 1.63. The third-order valence-electron chi connectivity index (χ3n) is 5.02. The van der Waals surface area contributed by atoms with E-state index in [2.05, 4.69) is 60.8 Å². The van der Waals surface area contributed by atoms with E-state index in [1.165, 1.54) is 36.8 Å². The number of hydrogen-bond donors (Lipinski definition) is 1. The van der Waals surface area contributed by atoms with Crippen molar-refractivity contribution in [2.45, 2.75) is 50.6 Å². The predicted octanol–water partition coefficient (Wildman–Crippen LogP) is 5.07. The normalized spacial score (nSPS) is 22.5. The molecule has 0 spiro atoms. The van der Waals surface area contributed by atoms with Crippen molar-refractivity contribution in [3.05, 3.63) is 65.7 Å². The molecule has 3 rings (SSSR count). The van der Waals surface area contributed by atoms with Crippen LogP contribution in [0.4, 0.5) is 0 Å². The van der Waals surface area contributed by atoms with Crippen molar-refractivity contribution in [2.24, 2.45) is 0 Å². The third kappa shape index (κ3) is 4.14. The van der Waals surface area contributed by atoms with Crippen LogP contribution in [-0.4, -0.2) is 13.2 Å². The molecule has 1 aliphatic rings. The van der Waals surface area contributed by atoms with Crippen molar-refractivity contribution in [2.75, 3.05) is 7.11 Å². The number of ether oxygens (including phenoxy) is 1. The number of nitrogens with one attached hydrogen (secondary N) is 1. The molecule has 2 nitrogen and oxygen atoms in total. The van der Waals surface area contributed by atoms with E-state index < -0.39 is 0 Å². The van der Waals surface area contributed by atoms with E-state index >= 15 is 0 Å². The quantitative estimate of drug-likeness (QED) is 0.832. The molecule has 0 bridgehead atoms. The topological polar surface area (TPSA) is 21.3 Å². The van der Waals surface area contributed by atoms with Crippen LogP contribution in [0.5, 0.6) is 5.75 Å². The molecule has 0 aliphatic heterocycles. The SMILES string of the molecule is COc1cccc([C@@H](C)NC2CCCC(c3ccccc3)C2)c1. The van der Waals surface area contributed by atoms with E-state index in [0.717, 1.165) is 5.75 Å². The maximum atomic E-state index is 5.34. The summed E-state index contributed by atoms with van der Waals surface area (Å²) in [6.07, 6.45) is 5.13. The van der Waals surface area contributed by atoms with Crippen LogP contribution in [0.15, 0.2) is 54.6 Å². The van der Waals surface area contributed by atoms with E-state index in [4.69, 9.17) is 4.74 Å². The Bertz CT molecular complexity index is 610. The van der Waals surface area contributed by atoms with Crippen LogP contribution in [-0.2, 0) is 0 Å². The van der Waals surface area contributed by atoms with Crippen LogP contribution >= 0.6 is 0 Å². The average molecular weight is 309 g/mol. The second-order valence-electron chi connectivity index (χ2n) is 6.64. The van der Waals surface area contributed by atoms with Gasteiger partial charge in [0.2, 0.25) is 0 Å². The van der Waals surface area contributed by atoms with Crippen LogP contribution in [0.1, 0.15) is 55.7 Å². The minimum absolute atomic E-state index is 0.352. The fourth-order valence-electron chi connectivity index (χ4n) is 3.73. The van der Waals surface area contributed by atoms with Crippen molar-refractivity contribution in [1.29, 1.82) is 0 Å². The van der Waals surface area contributed by atoms with Crippen molar-refractivity contribution in [3.63, 3.8) is 0 Å². The van der Waals surface area contributed by atoms with E-state index in [1.54, 1.807) is 7.11 Å². The van der Waals surface area contributed by atoms with Crippen LogP contribution in [0, 0.1) is 0 Å². The summed E-state index contributed by atoms with van der Waals surface area (Å²) in [6.45, 7) is 2.25. The minimum Gasteiger partial charge on any atom is -0.497 e. The van der Waals surface area contributed by atoms with Crippen LogP contribution in [0.2, 0.25) is 0 Å². The fraction of sp³-hybridized carbons (Fsp3) is 0.429. The molecule has 1 N–H and O–H groups in total. The summed E-state index contributed by atoms with van der Waals surface area (Å²) in [5.41, 5.74) is 2.79. The lowest BCUT2D eigenvalue weighted by atomic mass is 9.81. The fourth-order valence-corrected chi connectivity index (χ4v) is 3.73. The molecular weight excluding hydrogens is 282 g/mol. The average Bonchev–Trinajstić information content (AvgIpc) is 2.63. The van der Waals surface area contributed by atoms with Gasteiger partial charge in [0.05, 0.1) is 7.11 Å². The van der Waals surface area contributed by atoms with Gasteiger partial charge in [-0.15, -0.1) is 0 Å². The minimum atomic E-state index is 0.352. The molecule has 1 fully saturated rings. The lowest BCUT2D eigenvalue weighted by Gasteiger charge is -2.32. The van der Waals surface area contributed by atoms with Gasteiger partial charge in [-0.2, -0.15) is 0 Å². The largest absolute Gasteiger partial charge is 0.497 e. The molecule has 0 heterocycles. The van der Waals surface area contributed by atoms with Crippen molar-refractivity contribution in [3.8, 4) is 5.75 Å². The summed E-state index contributed by atoms with van der Waals surface area (Å²) in [7, 11) is 1.73. The van der Waals surface area contributed by atoms with E-state index in [0.29, 0.717) is 18.0 Å². The highest BCUT2D eigenvalue weighted by molar-refractivity contribution is 5.30. The Morgan fingerprint density at radius 2 is 1.87 bits per heavy atom. The Morgan fingerprint density at radius 3 is 2.65 bits per heavy atom. The Labute approximate surface area is 139 Å². The highest BCUT2D eigenvalue weighted by Crippen LogP contribution is 2.33. The summed E-state index contributed by atoms with van der Waals surface area (Å²) in [6, 6.07) is 20.3. The molecule has 1 saturated carbocycles. The van der Waals surface area contributed by atoms with Gasteiger partial charge in [-0.3, -0.25) is 0 Å². The predicted molar refractivity (Wildman–Crippen MR) is 96.0 cm³/mol. The van der Waals surface area contributed by atoms with Gasteiger partial charge in [-0.25, -0.2) is 0 Å². The molecule has 0 saturated heterocycles. The molecule has 0 radical (unpaired) electrons. The Hall–Kier alpha value is -1.80. The number of hydrogen-bond acceptors (Lipinski definition) is 2. The molecule has 3 atom stereocenters. The van der Waals surface area contributed by atoms with Gasteiger partial charge in [0.15, 0.2) is 0 Å². The summed E-state index contributed by atoms with van der Waals surface area (Å²) in [4.78, 5) is 0. The standard InChI is InChI=1S/C21H27NO/c1-16(18-10-7-13-21(15-18)23-2)22-20-12-6-11-19(14-20)17-8-4-3-5-9-17/h3-5,7-10,13,15-16,19-20,22H,6,11-12,14H2,1-2H3/t16-,19?,20?/m1/s1. The van der Waals surface area contributed by atoms with Gasteiger partial charge < -0.3 is 10.1 Å². The number of benzene rings is 2. The highest BCUT2D eigenvalue weighted by Gasteiger charge is 2.24. The van der Waals surface area contributed by atoms with Crippen LogP contribution in [0.3, 0.4) is 0 Å². The first-order chi connectivity index (χ1) is 11.3. The first kappa shape index (κ1) is 16.1. The van der Waals surface area contributed by atoms with Gasteiger partial charge >= 0.3 is 0 Å². The number of rotatable bonds is 5. The number of methoxy groups -OCH3 is 1. The Kier molecular flexibility index (Phi) is 5.35. The van der Waals surface area contributed by atoms with Gasteiger partial charge in [0.25, 0.3) is 0 Å². The molecule has 2 aromatic rings. The lowest BCUT2D eigenvalue weighted by molar-refractivity contribution is 0.318. The van der Waals surface area contributed by atoms with Crippen LogP contribution in [0.25, 0.3) is 0 Å². The van der Waals surface area contributed by atoms with Crippen LogP contribution < -0.4 is 10.1 Å². The molecule has 2 heteroatoms. The Morgan fingerprint density at radius 1 is 1.04 bits per heavy atom. The van der Waals surface area contributed by atoms with Gasteiger partial charge in [0.1, 0.15) is 5.75 Å². The molecule has 0 aromatic heterocycles. The second kappa shape index (κ2) is 7.65. The smallest absolute Gasteiger partial charge is 0.119 e. The first-order valence-electron chi connectivity index (χ1n) is 8.71. The first-order valence-corrected chi connectivity index (χ1v) is 8.71. The molecule has 2 aromatic carbocycles. The second-order valence-corrected chi connectivity index (χ2v) is 6.64. The summed E-state index contributed by atoms with van der Waals surface area (Å²) < 4.78 is 5.34. The molecule has 122 valence electrons. The van der Waals surface area contributed by atoms with E-state index in [-0.39, 0.29) is 0 Å².